The Hall–Kier alpha value is -3.00. The molecule has 1 aromatic carbocycles. The van der Waals surface area contributed by atoms with E-state index in [1.54, 1.807) is 23.4 Å². The van der Waals surface area contributed by atoms with E-state index in [0.29, 0.717) is 32.7 Å². The maximum atomic E-state index is 13.5. The number of rotatable bonds is 7. The van der Waals surface area contributed by atoms with Crippen molar-refractivity contribution in [1.82, 2.24) is 19.7 Å². The Balaban J connectivity index is 1.52. The first-order valence-corrected chi connectivity index (χ1v) is 12.7. The molecule has 1 atom stereocenters. The molecule has 2 heterocycles. The van der Waals surface area contributed by atoms with Crippen LogP contribution in [0.15, 0.2) is 41.5 Å². The molecule has 1 N–H and O–H groups in total. The van der Waals surface area contributed by atoms with E-state index in [2.05, 4.69) is 10.2 Å². The molecular formula is C27H35FN4O3. The molecule has 1 saturated carbocycles. The highest BCUT2D eigenvalue weighted by atomic mass is 19.1. The fraction of sp³-hybridized carbons (Fsp3) is 0.519. The maximum Gasteiger partial charge on any atom is 0.259 e. The molecule has 1 aliphatic carbocycles. The van der Waals surface area contributed by atoms with Crippen LogP contribution in [0.1, 0.15) is 78.3 Å². The van der Waals surface area contributed by atoms with Crippen molar-refractivity contribution < 1.29 is 14.0 Å². The van der Waals surface area contributed by atoms with Gasteiger partial charge in [0, 0.05) is 57.2 Å². The molecule has 2 aliphatic rings. The minimum Gasteiger partial charge on any atom is -0.349 e. The highest BCUT2D eigenvalue weighted by molar-refractivity contribution is 5.99. The second-order valence-corrected chi connectivity index (χ2v) is 9.78. The van der Waals surface area contributed by atoms with Gasteiger partial charge in [0.15, 0.2) is 0 Å². The Bertz CT molecular complexity index is 1120. The van der Waals surface area contributed by atoms with Gasteiger partial charge in [0.25, 0.3) is 11.8 Å². The lowest BCUT2D eigenvalue weighted by molar-refractivity contribution is 0.0626. The van der Waals surface area contributed by atoms with Crippen molar-refractivity contribution in [1.29, 1.82) is 0 Å². The van der Waals surface area contributed by atoms with Crippen LogP contribution < -0.4 is 10.7 Å². The predicted molar refractivity (Wildman–Crippen MR) is 133 cm³/mol. The monoisotopic (exact) mass is 482 g/mol. The first-order valence-electron chi connectivity index (χ1n) is 12.7. The topological polar surface area (TPSA) is 74.7 Å². The molecule has 1 saturated heterocycles. The number of piperazine rings is 1. The van der Waals surface area contributed by atoms with Gasteiger partial charge in [-0.3, -0.25) is 19.3 Å². The van der Waals surface area contributed by atoms with Crippen molar-refractivity contribution in [2.75, 3.05) is 26.2 Å². The normalized spacial score (nSPS) is 18.0. The molecular weight excluding hydrogens is 447 g/mol. The average molecular weight is 483 g/mol. The summed E-state index contributed by atoms with van der Waals surface area (Å²) in [6, 6.07) is 6.67. The van der Waals surface area contributed by atoms with E-state index in [9.17, 15) is 18.8 Å². The number of aromatic nitrogens is 1. The van der Waals surface area contributed by atoms with Crippen LogP contribution in [0.25, 0.3) is 0 Å². The van der Waals surface area contributed by atoms with Gasteiger partial charge in [-0.25, -0.2) is 4.39 Å². The second kappa shape index (κ2) is 11.2. The maximum absolute atomic E-state index is 13.5. The Kier molecular flexibility index (Phi) is 8.00. The van der Waals surface area contributed by atoms with Crippen LogP contribution in [0.4, 0.5) is 4.39 Å². The number of benzene rings is 1. The van der Waals surface area contributed by atoms with Crippen molar-refractivity contribution in [3.8, 4) is 0 Å². The minimum atomic E-state index is -0.507. The lowest BCUT2D eigenvalue weighted by atomic mass is 10.1. The van der Waals surface area contributed by atoms with E-state index in [1.807, 2.05) is 24.5 Å². The first kappa shape index (κ1) is 25.1. The largest absolute Gasteiger partial charge is 0.349 e. The first-order chi connectivity index (χ1) is 16.9. The smallest absolute Gasteiger partial charge is 0.259 e. The van der Waals surface area contributed by atoms with Gasteiger partial charge in [0.05, 0.1) is 0 Å². The van der Waals surface area contributed by atoms with E-state index in [4.69, 9.17) is 0 Å². The zero-order chi connectivity index (χ0) is 24.9. The van der Waals surface area contributed by atoms with Gasteiger partial charge in [-0.2, -0.15) is 0 Å². The summed E-state index contributed by atoms with van der Waals surface area (Å²) in [6.45, 7) is 6.68. The number of carbonyl (C=O) groups excluding carboxylic acids is 2. The van der Waals surface area contributed by atoms with Crippen LogP contribution in [0.5, 0.6) is 0 Å². The van der Waals surface area contributed by atoms with E-state index in [0.717, 1.165) is 37.7 Å². The van der Waals surface area contributed by atoms with Crippen LogP contribution in [0, 0.1) is 5.82 Å². The van der Waals surface area contributed by atoms with Gasteiger partial charge in [-0.05, 0) is 43.9 Å². The summed E-state index contributed by atoms with van der Waals surface area (Å²) in [5, 5.41) is 2.87. The quantitative estimate of drug-likeness (QED) is 0.655. The summed E-state index contributed by atoms with van der Waals surface area (Å²) in [6.07, 6.45) is 8.18. The van der Waals surface area contributed by atoms with E-state index >= 15 is 0 Å². The number of halogens is 1. The fourth-order valence-corrected chi connectivity index (χ4v) is 4.90. The van der Waals surface area contributed by atoms with Gasteiger partial charge >= 0.3 is 0 Å². The van der Waals surface area contributed by atoms with Gasteiger partial charge < -0.3 is 14.8 Å². The molecule has 4 rings (SSSR count). The number of pyridine rings is 1. The lowest BCUT2D eigenvalue weighted by Gasteiger charge is -2.35. The SMILES string of the molecule is CCC(C)NC(=O)c1cn(C2CCCC2)cc(C(=O)N2CCN(Cc3cccc(F)c3)CC2)c1=O. The molecule has 8 heteroatoms. The van der Waals surface area contributed by atoms with Crippen LogP contribution in [0.2, 0.25) is 0 Å². The molecule has 1 aromatic heterocycles. The molecule has 188 valence electrons. The van der Waals surface area contributed by atoms with Crippen molar-refractivity contribution in [3.63, 3.8) is 0 Å². The zero-order valence-corrected chi connectivity index (χ0v) is 20.6. The number of carbonyl (C=O) groups is 2. The van der Waals surface area contributed by atoms with Gasteiger partial charge in [0.2, 0.25) is 5.43 Å². The van der Waals surface area contributed by atoms with Gasteiger partial charge in [-0.15, -0.1) is 0 Å². The standard InChI is InChI=1S/C27H35FN4O3/c1-3-19(2)29-26(34)23-17-32(22-9-4-5-10-22)18-24(25(23)33)27(35)31-13-11-30(12-14-31)16-20-7-6-8-21(28)15-20/h6-8,15,17-19,22H,3-5,9-14,16H2,1-2H3,(H,29,34). The summed E-state index contributed by atoms with van der Waals surface area (Å²) in [7, 11) is 0. The van der Waals surface area contributed by atoms with Crippen LogP contribution >= 0.6 is 0 Å². The number of hydrogen-bond acceptors (Lipinski definition) is 4. The molecule has 2 amide bonds. The van der Waals surface area contributed by atoms with E-state index in [-0.39, 0.29) is 34.9 Å². The molecule has 7 nitrogen and oxygen atoms in total. The highest BCUT2D eigenvalue weighted by Gasteiger charge is 2.28. The molecule has 0 radical (unpaired) electrons. The Morgan fingerprint density at radius 1 is 1.09 bits per heavy atom. The molecule has 35 heavy (non-hydrogen) atoms. The molecule has 1 aliphatic heterocycles. The summed E-state index contributed by atoms with van der Waals surface area (Å²) in [5.74, 6) is -1.01. The third-order valence-electron chi connectivity index (χ3n) is 7.21. The van der Waals surface area contributed by atoms with Crippen LogP contribution in [-0.2, 0) is 6.54 Å². The molecule has 2 aromatic rings. The van der Waals surface area contributed by atoms with E-state index in [1.165, 1.54) is 12.1 Å². The lowest BCUT2D eigenvalue weighted by Crippen LogP contribution is -2.49. The summed E-state index contributed by atoms with van der Waals surface area (Å²) >= 11 is 0. The summed E-state index contributed by atoms with van der Waals surface area (Å²) < 4.78 is 15.4. The minimum absolute atomic E-state index is 0.0350. The predicted octanol–water partition coefficient (Wildman–Crippen LogP) is 3.59. The summed E-state index contributed by atoms with van der Waals surface area (Å²) in [5.41, 5.74) is 0.483. The summed E-state index contributed by atoms with van der Waals surface area (Å²) in [4.78, 5) is 43.5. The van der Waals surface area contributed by atoms with Crippen molar-refractivity contribution >= 4 is 11.8 Å². The Morgan fingerprint density at radius 3 is 2.43 bits per heavy atom. The average Bonchev–Trinajstić information content (AvgIpc) is 3.39. The van der Waals surface area contributed by atoms with Crippen molar-refractivity contribution in [2.45, 2.75) is 64.6 Å². The van der Waals surface area contributed by atoms with Crippen molar-refractivity contribution in [3.05, 3.63) is 69.4 Å². The third-order valence-corrected chi connectivity index (χ3v) is 7.21. The second-order valence-electron chi connectivity index (χ2n) is 9.78. The van der Waals surface area contributed by atoms with Gasteiger partial charge in [-0.1, -0.05) is 31.9 Å². The molecule has 0 spiro atoms. The number of hydrogen-bond donors (Lipinski definition) is 1. The molecule has 0 bridgehead atoms. The number of amides is 2. The van der Waals surface area contributed by atoms with E-state index < -0.39 is 11.3 Å². The van der Waals surface area contributed by atoms with Gasteiger partial charge in [0.1, 0.15) is 16.9 Å². The Morgan fingerprint density at radius 2 is 1.77 bits per heavy atom. The number of nitrogens with zero attached hydrogens (tertiary/aromatic N) is 3. The third kappa shape index (κ3) is 5.99. The molecule has 2 fully saturated rings. The zero-order valence-electron chi connectivity index (χ0n) is 20.6. The van der Waals surface area contributed by atoms with Crippen LogP contribution in [-0.4, -0.2) is 58.4 Å². The number of nitrogens with one attached hydrogen (secondary N) is 1. The Labute approximate surface area is 205 Å². The highest BCUT2D eigenvalue weighted by Crippen LogP contribution is 2.29. The van der Waals surface area contributed by atoms with Crippen LogP contribution in [0.3, 0.4) is 0 Å². The fourth-order valence-electron chi connectivity index (χ4n) is 4.90. The molecule has 1 unspecified atom stereocenters. The van der Waals surface area contributed by atoms with Crippen molar-refractivity contribution in [2.24, 2.45) is 0 Å².